The first kappa shape index (κ1) is 19.3. The highest BCUT2D eigenvalue weighted by molar-refractivity contribution is 5.88. The Morgan fingerprint density at radius 1 is 0.621 bits per heavy atom. The third-order valence-electron chi connectivity index (χ3n) is 5.46. The quantitative estimate of drug-likeness (QED) is 0.321. The highest BCUT2D eigenvalue weighted by Gasteiger charge is 2.09. The molecule has 0 heterocycles. The van der Waals surface area contributed by atoms with Crippen molar-refractivity contribution in [3.05, 3.63) is 107 Å². The smallest absolute Gasteiger partial charge is 0.134 e. The first-order valence-corrected chi connectivity index (χ1v) is 10.2. The summed E-state index contributed by atoms with van der Waals surface area (Å²) in [6, 6.07) is 24.8. The molecule has 146 valence electrons. The lowest BCUT2D eigenvalue weighted by Gasteiger charge is -2.10. The van der Waals surface area contributed by atoms with Gasteiger partial charge in [0.25, 0.3) is 0 Å². The molecule has 0 fully saturated rings. The summed E-state index contributed by atoms with van der Waals surface area (Å²) in [5.74, 6) is -0.407. The van der Waals surface area contributed by atoms with E-state index in [1.54, 1.807) is 12.1 Å². The van der Waals surface area contributed by atoms with Crippen LogP contribution in [0.5, 0.6) is 0 Å². The van der Waals surface area contributed by atoms with Crippen LogP contribution in [0.2, 0.25) is 0 Å². The molecule has 2 heteroatoms. The molecule has 0 atom stereocenters. The number of halogens is 2. The van der Waals surface area contributed by atoms with Crippen LogP contribution in [0.4, 0.5) is 8.78 Å². The molecule has 0 amide bonds. The molecule has 0 saturated heterocycles. The zero-order valence-corrected chi connectivity index (χ0v) is 16.6. The van der Waals surface area contributed by atoms with Crippen molar-refractivity contribution in [1.29, 1.82) is 0 Å². The standard InChI is InChI=1S/C27H24F2/c1-2-3-19-4-9-21(10-5-19)23-14-17-26-24(18-23)13-12-22(27(26)29)11-6-20-7-15-25(28)16-8-20/h4-5,7-10,12-18H,2-3,6,11H2,1H3. The molecule has 0 bridgehead atoms. The predicted molar refractivity (Wildman–Crippen MR) is 117 cm³/mol. The van der Waals surface area contributed by atoms with E-state index in [0.717, 1.165) is 34.9 Å². The summed E-state index contributed by atoms with van der Waals surface area (Å²) in [6.45, 7) is 2.18. The first-order chi connectivity index (χ1) is 14.1. The van der Waals surface area contributed by atoms with E-state index in [-0.39, 0.29) is 11.6 Å². The molecule has 4 rings (SSSR count). The van der Waals surface area contributed by atoms with Gasteiger partial charge in [0, 0.05) is 5.39 Å². The lowest BCUT2D eigenvalue weighted by molar-refractivity contribution is 0.619. The second-order valence-corrected chi connectivity index (χ2v) is 7.55. The summed E-state index contributed by atoms with van der Waals surface area (Å²) in [4.78, 5) is 0. The Hall–Kier alpha value is -3.00. The highest BCUT2D eigenvalue weighted by Crippen LogP contribution is 2.28. The summed E-state index contributed by atoms with van der Waals surface area (Å²) < 4.78 is 28.1. The maximum atomic E-state index is 15.0. The van der Waals surface area contributed by atoms with Crippen molar-refractivity contribution in [3.8, 4) is 11.1 Å². The van der Waals surface area contributed by atoms with Crippen molar-refractivity contribution >= 4 is 10.8 Å². The normalized spacial score (nSPS) is 11.1. The average molecular weight is 386 g/mol. The van der Waals surface area contributed by atoms with Gasteiger partial charge in [-0.3, -0.25) is 0 Å². The Labute approximate surface area is 170 Å². The van der Waals surface area contributed by atoms with Crippen molar-refractivity contribution in [1.82, 2.24) is 0 Å². The van der Waals surface area contributed by atoms with Crippen LogP contribution in [0, 0.1) is 11.6 Å². The number of aryl methyl sites for hydroxylation is 3. The van der Waals surface area contributed by atoms with E-state index in [9.17, 15) is 4.39 Å². The van der Waals surface area contributed by atoms with Crippen molar-refractivity contribution in [2.45, 2.75) is 32.6 Å². The van der Waals surface area contributed by atoms with Gasteiger partial charge in [-0.2, -0.15) is 0 Å². The molecule has 0 nitrogen and oxygen atoms in total. The SMILES string of the molecule is CCCc1ccc(-c2ccc3c(F)c(CCc4ccc(F)cc4)ccc3c2)cc1. The van der Waals surface area contributed by atoms with E-state index in [4.69, 9.17) is 0 Å². The fourth-order valence-electron chi connectivity index (χ4n) is 3.79. The van der Waals surface area contributed by atoms with Crippen LogP contribution in [-0.4, -0.2) is 0 Å². The molecular weight excluding hydrogens is 362 g/mol. The Morgan fingerprint density at radius 3 is 2.00 bits per heavy atom. The van der Waals surface area contributed by atoms with Crippen LogP contribution in [0.1, 0.15) is 30.0 Å². The summed E-state index contributed by atoms with van der Waals surface area (Å²) in [6.07, 6.45) is 3.50. The van der Waals surface area contributed by atoms with E-state index < -0.39 is 0 Å². The van der Waals surface area contributed by atoms with E-state index in [2.05, 4.69) is 37.3 Å². The molecule has 4 aromatic carbocycles. The number of rotatable bonds is 6. The van der Waals surface area contributed by atoms with Gasteiger partial charge in [-0.1, -0.05) is 74.0 Å². The molecule has 0 aliphatic rings. The van der Waals surface area contributed by atoms with Gasteiger partial charge < -0.3 is 0 Å². The zero-order chi connectivity index (χ0) is 20.2. The average Bonchev–Trinajstić information content (AvgIpc) is 2.75. The number of benzene rings is 4. The van der Waals surface area contributed by atoms with E-state index in [1.807, 2.05) is 24.3 Å². The van der Waals surface area contributed by atoms with Crippen LogP contribution < -0.4 is 0 Å². The van der Waals surface area contributed by atoms with E-state index in [0.29, 0.717) is 23.8 Å². The number of fused-ring (bicyclic) bond motifs is 1. The third-order valence-corrected chi connectivity index (χ3v) is 5.46. The van der Waals surface area contributed by atoms with Crippen molar-refractivity contribution in [2.75, 3.05) is 0 Å². The third kappa shape index (κ3) is 4.37. The first-order valence-electron chi connectivity index (χ1n) is 10.2. The van der Waals surface area contributed by atoms with E-state index in [1.165, 1.54) is 17.7 Å². The van der Waals surface area contributed by atoms with Gasteiger partial charge in [-0.15, -0.1) is 0 Å². The molecule has 0 saturated carbocycles. The van der Waals surface area contributed by atoms with Crippen molar-refractivity contribution < 1.29 is 8.78 Å². The minimum absolute atomic E-state index is 0.158. The van der Waals surface area contributed by atoms with Crippen LogP contribution in [0.15, 0.2) is 78.9 Å². The Kier molecular flexibility index (Phi) is 5.71. The Bertz CT molecular complexity index is 1110. The van der Waals surface area contributed by atoms with Crippen LogP contribution >= 0.6 is 0 Å². The zero-order valence-electron chi connectivity index (χ0n) is 16.6. The minimum Gasteiger partial charge on any atom is -0.207 e. The molecule has 0 radical (unpaired) electrons. The largest absolute Gasteiger partial charge is 0.207 e. The topological polar surface area (TPSA) is 0 Å². The minimum atomic E-state index is -0.249. The highest BCUT2D eigenvalue weighted by atomic mass is 19.1. The maximum Gasteiger partial charge on any atom is 0.134 e. The summed E-state index contributed by atoms with van der Waals surface area (Å²) >= 11 is 0. The van der Waals surface area contributed by atoms with Gasteiger partial charge in [-0.25, -0.2) is 8.78 Å². The van der Waals surface area contributed by atoms with Crippen LogP contribution in [0.25, 0.3) is 21.9 Å². The summed E-state index contributed by atoms with van der Waals surface area (Å²) in [5.41, 5.74) is 5.28. The van der Waals surface area contributed by atoms with Gasteiger partial charge >= 0.3 is 0 Å². The molecule has 0 spiro atoms. The van der Waals surface area contributed by atoms with Crippen molar-refractivity contribution in [3.63, 3.8) is 0 Å². The Morgan fingerprint density at radius 2 is 1.28 bits per heavy atom. The van der Waals surface area contributed by atoms with Gasteiger partial charge in [0.1, 0.15) is 11.6 Å². The van der Waals surface area contributed by atoms with Crippen LogP contribution in [-0.2, 0) is 19.3 Å². The fourth-order valence-corrected chi connectivity index (χ4v) is 3.79. The van der Waals surface area contributed by atoms with Gasteiger partial charge in [0.15, 0.2) is 0 Å². The van der Waals surface area contributed by atoms with Crippen LogP contribution in [0.3, 0.4) is 0 Å². The van der Waals surface area contributed by atoms with Crippen molar-refractivity contribution in [2.24, 2.45) is 0 Å². The van der Waals surface area contributed by atoms with Gasteiger partial charge in [0.2, 0.25) is 0 Å². The molecule has 0 unspecified atom stereocenters. The number of hydrogen-bond donors (Lipinski definition) is 0. The lowest BCUT2D eigenvalue weighted by atomic mass is 9.96. The second kappa shape index (κ2) is 8.57. The predicted octanol–water partition coefficient (Wildman–Crippen LogP) is 7.52. The molecule has 29 heavy (non-hydrogen) atoms. The number of hydrogen-bond acceptors (Lipinski definition) is 0. The molecule has 0 aromatic heterocycles. The van der Waals surface area contributed by atoms with Gasteiger partial charge in [-0.05, 0) is 70.7 Å². The molecule has 0 N–H and O–H groups in total. The maximum absolute atomic E-state index is 15.0. The fraction of sp³-hybridized carbons (Fsp3) is 0.185. The monoisotopic (exact) mass is 386 g/mol. The summed E-state index contributed by atoms with van der Waals surface area (Å²) in [5, 5.41) is 1.55. The molecule has 4 aromatic rings. The van der Waals surface area contributed by atoms with Gasteiger partial charge in [0.05, 0.1) is 0 Å². The van der Waals surface area contributed by atoms with E-state index >= 15 is 4.39 Å². The molecule has 0 aliphatic heterocycles. The summed E-state index contributed by atoms with van der Waals surface area (Å²) in [7, 11) is 0. The molecular formula is C27H24F2. The Balaban J connectivity index is 1.57. The second-order valence-electron chi connectivity index (χ2n) is 7.55. The molecule has 0 aliphatic carbocycles. The lowest BCUT2D eigenvalue weighted by Crippen LogP contribution is -1.96.